The second kappa shape index (κ2) is 6.60. The average Bonchev–Trinajstić information content (AvgIpc) is 3.06. The Bertz CT molecular complexity index is 664. The van der Waals surface area contributed by atoms with Crippen LogP contribution in [0.25, 0.3) is 0 Å². The van der Waals surface area contributed by atoms with Gasteiger partial charge in [0.2, 0.25) is 0 Å². The van der Waals surface area contributed by atoms with Crippen LogP contribution in [0.1, 0.15) is 20.3 Å². The van der Waals surface area contributed by atoms with E-state index in [1.807, 2.05) is 6.92 Å². The third kappa shape index (κ3) is 3.46. The van der Waals surface area contributed by atoms with Crippen molar-refractivity contribution in [3.05, 3.63) is 12.2 Å². The van der Waals surface area contributed by atoms with Crippen molar-refractivity contribution in [2.75, 3.05) is 19.8 Å². The Kier molecular flexibility index (Phi) is 4.95. The first-order valence-corrected chi connectivity index (χ1v) is 9.55. The second-order valence-corrected chi connectivity index (χ2v) is 8.62. The Hall–Kier alpha value is -1.04. The molecular weight excluding hydrogens is 354 g/mol. The van der Waals surface area contributed by atoms with Crippen LogP contribution in [0, 0.1) is 0 Å². The van der Waals surface area contributed by atoms with E-state index in [0.29, 0.717) is 12.0 Å². The van der Waals surface area contributed by atoms with Crippen LogP contribution in [0.4, 0.5) is 0 Å². The Labute approximate surface area is 146 Å². The molecule has 9 nitrogen and oxygen atoms in total. The van der Waals surface area contributed by atoms with E-state index in [-0.39, 0.29) is 19.8 Å². The van der Waals surface area contributed by atoms with Gasteiger partial charge < -0.3 is 19.3 Å². The zero-order valence-corrected chi connectivity index (χ0v) is 15.0. The number of ether oxygens (including phenoxy) is 3. The molecule has 3 heterocycles. The van der Waals surface area contributed by atoms with Crippen LogP contribution in [0.15, 0.2) is 12.2 Å². The molecule has 0 aliphatic carbocycles. The third-order valence-corrected chi connectivity index (χ3v) is 6.44. The van der Waals surface area contributed by atoms with Gasteiger partial charge in [-0.15, -0.1) is 0 Å². The number of aliphatic hydroxyl groups excluding tert-OH is 1. The molecule has 10 heteroatoms. The summed E-state index contributed by atoms with van der Waals surface area (Å²) in [5, 5.41) is 11.4. The molecule has 3 rings (SSSR count). The van der Waals surface area contributed by atoms with E-state index < -0.39 is 51.5 Å². The molecule has 0 radical (unpaired) electrons. The quantitative estimate of drug-likeness (QED) is 0.181. The number of aliphatic hydroxyl groups is 1. The fraction of sp³-hybridized carbons (Fsp3) is 0.800. The first kappa shape index (κ1) is 18.7. The lowest BCUT2D eigenvalue weighted by Gasteiger charge is -2.29. The van der Waals surface area contributed by atoms with Crippen LogP contribution in [0.2, 0.25) is 0 Å². The maximum atomic E-state index is 11.9. The van der Waals surface area contributed by atoms with Gasteiger partial charge in [0.25, 0.3) is 10.1 Å². The van der Waals surface area contributed by atoms with Gasteiger partial charge in [-0.1, -0.05) is 6.58 Å². The van der Waals surface area contributed by atoms with Gasteiger partial charge in [-0.3, -0.25) is 14.3 Å². The van der Waals surface area contributed by atoms with Crippen molar-refractivity contribution >= 4 is 16.1 Å². The zero-order valence-electron chi connectivity index (χ0n) is 14.1. The Morgan fingerprint density at radius 1 is 1.44 bits per heavy atom. The molecule has 25 heavy (non-hydrogen) atoms. The SMILES string of the molecule is C=C(C)C(O)NCC(=O)OCCOC1C2OS(=O)(=O)C3CC1(C)OC23. The van der Waals surface area contributed by atoms with Gasteiger partial charge in [-0.05, 0) is 19.4 Å². The number of hydrogen-bond donors (Lipinski definition) is 2. The van der Waals surface area contributed by atoms with Crippen molar-refractivity contribution < 1.29 is 36.7 Å². The van der Waals surface area contributed by atoms with Gasteiger partial charge in [0.1, 0.15) is 36.4 Å². The minimum absolute atomic E-state index is 0.00379. The molecule has 0 aromatic rings. The molecule has 0 saturated carbocycles. The Morgan fingerprint density at radius 2 is 2.16 bits per heavy atom. The minimum Gasteiger partial charge on any atom is -0.462 e. The lowest BCUT2D eigenvalue weighted by Crippen LogP contribution is -2.47. The van der Waals surface area contributed by atoms with Crippen LogP contribution in [0.5, 0.6) is 0 Å². The molecule has 0 aromatic carbocycles. The molecule has 2 N–H and O–H groups in total. The fourth-order valence-electron chi connectivity index (χ4n) is 3.54. The Balaban J connectivity index is 1.42. The molecule has 3 aliphatic rings. The topological polar surface area (TPSA) is 120 Å². The van der Waals surface area contributed by atoms with Gasteiger partial charge in [0, 0.05) is 6.42 Å². The number of fused-ring (bicyclic) bond motifs is 1. The number of nitrogens with one attached hydrogen (secondary N) is 1. The van der Waals surface area contributed by atoms with Gasteiger partial charge >= 0.3 is 5.97 Å². The number of carbonyl (C=O) groups excluding carboxylic acids is 1. The van der Waals surface area contributed by atoms with E-state index in [2.05, 4.69) is 11.9 Å². The highest BCUT2D eigenvalue weighted by atomic mass is 32.2. The van der Waals surface area contributed by atoms with Crippen LogP contribution in [-0.2, 0) is 33.3 Å². The van der Waals surface area contributed by atoms with Crippen molar-refractivity contribution in [3.8, 4) is 0 Å². The third-order valence-electron chi connectivity index (χ3n) is 4.77. The van der Waals surface area contributed by atoms with Gasteiger partial charge in [0.05, 0.1) is 18.8 Å². The summed E-state index contributed by atoms with van der Waals surface area (Å²) in [7, 11) is -3.60. The van der Waals surface area contributed by atoms with Crippen molar-refractivity contribution in [1.29, 1.82) is 0 Å². The van der Waals surface area contributed by atoms with Crippen LogP contribution in [-0.4, -0.2) is 74.6 Å². The van der Waals surface area contributed by atoms with Crippen molar-refractivity contribution in [3.63, 3.8) is 0 Å². The minimum atomic E-state index is -3.60. The highest BCUT2D eigenvalue weighted by Gasteiger charge is 2.71. The molecule has 3 saturated heterocycles. The van der Waals surface area contributed by atoms with Gasteiger partial charge in [-0.2, -0.15) is 8.42 Å². The summed E-state index contributed by atoms with van der Waals surface area (Å²) < 4.78 is 45.4. The highest BCUT2D eigenvalue weighted by molar-refractivity contribution is 7.87. The largest absolute Gasteiger partial charge is 0.462 e. The van der Waals surface area contributed by atoms with E-state index in [1.165, 1.54) is 0 Å². The first-order valence-electron chi connectivity index (χ1n) is 8.08. The molecule has 2 bridgehead atoms. The lowest BCUT2D eigenvalue weighted by atomic mass is 9.85. The van der Waals surface area contributed by atoms with E-state index in [1.54, 1.807) is 6.92 Å². The van der Waals surface area contributed by atoms with Crippen molar-refractivity contribution in [1.82, 2.24) is 5.32 Å². The van der Waals surface area contributed by atoms with Crippen LogP contribution in [0.3, 0.4) is 0 Å². The summed E-state index contributed by atoms with van der Waals surface area (Å²) in [6, 6.07) is 0. The summed E-state index contributed by atoms with van der Waals surface area (Å²) in [6.07, 6.45) is -2.28. The second-order valence-electron chi connectivity index (χ2n) is 6.83. The predicted molar refractivity (Wildman–Crippen MR) is 85.0 cm³/mol. The molecular formula is C15H23NO8S. The summed E-state index contributed by atoms with van der Waals surface area (Å²) in [6.45, 7) is 6.93. The van der Waals surface area contributed by atoms with Gasteiger partial charge in [-0.25, -0.2) is 0 Å². The Morgan fingerprint density at radius 3 is 2.84 bits per heavy atom. The summed E-state index contributed by atoms with van der Waals surface area (Å²) in [5.74, 6) is -0.543. The zero-order chi connectivity index (χ0) is 18.4. The van der Waals surface area contributed by atoms with Crippen LogP contribution >= 0.6 is 0 Å². The number of carbonyl (C=O) groups is 1. The maximum Gasteiger partial charge on any atom is 0.320 e. The first-order chi connectivity index (χ1) is 11.6. The van der Waals surface area contributed by atoms with E-state index in [0.717, 1.165) is 0 Å². The molecule has 0 amide bonds. The number of rotatable bonds is 8. The summed E-state index contributed by atoms with van der Waals surface area (Å²) in [5.41, 5.74) is -0.216. The molecule has 6 atom stereocenters. The highest BCUT2D eigenvalue weighted by Crippen LogP contribution is 2.53. The number of hydrogen-bond acceptors (Lipinski definition) is 9. The smallest absolute Gasteiger partial charge is 0.320 e. The summed E-state index contributed by atoms with van der Waals surface area (Å²) in [4.78, 5) is 11.6. The predicted octanol–water partition coefficient (Wildman–Crippen LogP) is -0.943. The molecule has 0 spiro atoms. The molecule has 0 aromatic heterocycles. The maximum absolute atomic E-state index is 11.9. The van der Waals surface area contributed by atoms with E-state index >= 15 is 0 Å². The monoisotopic (exact) mass is 377 g/mol. The average molecular weight is 377 g/mol. The fourth-order valence-corrected chi connectivity index (χ4v) is 5.27. The molecule has 3 aliphatic heterocycles. The van der Waals surface area contributed by atoms with E-state index in [4.69, 9.17) is 18.4 Å². The molecule has 142 valence electrons. The van der Waals surface area contributed by atoms with E-state index in [9.17, 15) is 18.3 Å². The van der Waals surface area contributed by atoms with Gasteiger partial charge in [0.15, 0.2) is 0 Å². The van der Waals surface area contributed by atoms with Crippen LogP contribution < -0.4 is 5.32 Å². The summed E-state index contributed by atoms with van der Waals surface area (Å²) >= 11 is 0. The standard InChI is InChI=1S/C15H23NO8S/c1-8(2)14(18)16-7-10(17)21-4-5-22-13-12-11-9(25(19,20)24-12)6-15(13,3)23-11/h9,11-14,16,18H,1,4-7H2,2-3H3. The molecule has 3 fully saturated rings. The normalized spacial score (nSPS) is 38.7. The number of esters is 1. The lowest BCUT2D eigenvalue weighted by molar-refractivity contribution is -0.147. The van der Waals surface area contributed by atoms with Crippen molar-refractivity contribution in [2.24, 2.45) is 0 Å². The molecule has 6 unspecified atom stereocenters. The van der Waals surface area contributed by atoms with Crippen molar-refractivity contribution in [2.45, 2.75) is 55.7 Å².